The molecule has 0 aliphatic carbocycles. The van der Waals surface area contributed by atoms with Gasteiger partial charge in [0.05, 0.1) is 11.4 Å². The number of anilines is 1. The van der Waals surface area contributed by atoms with Gasteiger partial charge in [0.1, 0.15) is 5.82 Å². The van der Waals surface area contributed by atoms with Crippen LogP contribution in [-0.4, -0.2) is 26.8 Å². The molecule has 1 aromatic carbocycles. The average molecular weight is 258 g/mol. The monoisotopic (exact) mass is 258 g/mol. The van der Waals surface area contributed by atoms with Gasteiger partial charge in [-0.25, -0.2) is 12.8 Å². The van der Waals surface area contributed by atoms with Crippen LogP contribution in [0.15, 0.2) is 24.3 Å². The van der Waals surface area contributed by atoms with Crippen LogP contribution in [0.1, 0.15) is 12.8 Å². The van der Waals surface area contributed by atoms with E-state index in [0.29, 0.717) is 12.5 Å². The largest absolute Gasteiger partial charge is 0.314 e. The van der Waals surface area contributed by atoms with Crippen molar-refractivity contribution in [2.45, 2.75) is 18.9 Å². The van der Waals surface area contributed by atoms with Gasteiger partial charge in [0.15, 0.2) is 0 Å². The van der Waals surface area contributed by atoms with Gasteiger partial charge >= 0.3 is 0 Å². The van der Waals surface area contributed by atoms with Crippen molar-refractivity contribution in [3.63, 3.8) is 0 Å². The Morgan fingerprint density at radius 1 is 1.47 bits per heavy atom. The van der Waals surface area contributed by atoms with E-state index < -0.39 is 15.8 Å². The number of halogens is 1. The second-order valence-electron chi connectivity index (χ2n) is 4.16. The number of rotatable bonds is 5. The molecule has 2 rings (SSSR count). The second kappa shape index (κ2) is 5.01. The third kappa shape index (κ3) is 3.67. The average Bonchev–Trinajstić information content (AvgIpc) is 2.13. The molecule has 1 atom stereocenters. The molecule has 17 heavy (non-hydrogen) atoms. The number of sulfonamides is 1. The van der Waals surface area contributed by atoms with Crippen LogP contribution in [0.25, 0.3) is 0 Å². The maximum absolute atomic E-state index is 12.9. The number of nitrogens with one attached hydrogen (secondary N) is 2. The smallest absolute Gasteiger partial charge is 0.232 e. The minimum Gasteiger partial charge on any atom is -0.314 e. The lowest BCUT2D eigenvalue weighted by molar-refractivity contribution is 0.362. The summed E-state index contributed by atoms with van der Waals surface area (Å²) in [6, 6.07) is 5.75. The SMILES string of the molecule is O=S(=O)(CCC1CCN1)Nc1cccc(F)c1. The van der Waals surface area contributed by atoms with Crippen LogP contribution < -0.4 is 10.0 Å². The van der Waals surface area contributed by atoms with E-state index in [0.717, 1.165) is 13.0 Å². The van der Waals surface area contributed by atoms with E-state index in [9.17, 15) is 12.8 Å². The van der Waals surface area contributed by atoms with Crippen molar-refractivity contribution in [1.29, 1.82) is 0 Å². The lowest BCUT2D eigenvalue weighted by Gasteiger charge is -2.27. The van der Waals surface area contributed by atoms with E-state index in [2.05, 4.69) is 10.0 Å². The number of hydrogen-bond donors (Lipinski definition) is 2. The first kappa shape index (κ1) is 12.3. The molecule has 94 valence electrons. The highest BCUT2D eigenvalue weighted by atomic mass is 32.2. The molecule has 6 heteroatoms. The molecule has 4 nitrogen and oxygen atoms in total. The highest BCUT2D eigenvalue weighted by Crippen LogP contribution is 2.13. The zero-order valence-electron chi connectivity index (χ0n) is 9.32. The summed E-state index contributed by atoms with van der Waals surface area (Å²) >= 11 is 0. The first-order valence-corrected chi connectivity index (χ1v) is 7.20. The zero-order chi connectivity index (χ0) is 12.3. The Bertz CT molecular complexity index is 486. The lowest BCUT2D eigenvalue weighted by Crippen LogP contribution is -2.44. The molecular weight excluding hydrogens is 243 g/mol. The van der Waals surface area contributed by atoms with Gasteiger partial charge in [-0.3, -0.25) is 4.72 Å². The van der Waals surface area contributed by atoms with Gasteiger partial charge in [-0.05, 0) is 37.6 Å². The summed E-state index contributed by atoms with van der Waals surface area (Å²) in [5.74, 6) is -0.396. The molecule has 2 N–H and O–H groups in total. The Balaban J connectivity index is 1.91. The molecule has 0 amide bonds. The van der Waals surface area contributed by atoms with Crippen molar-refractivity contribution in [3.8, 4) is 0 Å². The van der Waals surface area contributed by atoms with Crippen molar-refractivity contribution in [2.24, 2.45) is 0 Å². The van der Waals surface area contributed by atoms with Crippen LogP contribution in [0, 0.1) is 5.82 Å². The molecule has 1 aliphatic heterocycles. The highest BCUT2D eigenvalue weighted by molar-refractivity contribution is 7.92. The van der Waals surface area contributed by atoms with Gasteiger partial charge in [0.25, 0.3) is 0 Å². The predicted octanol–water partition coefficient (Wildman–Crippen LogP) is 1.32. The van der Waals surface area contributed by atoms with Gasteiger partial charge in [-0.15, -0.1) is 0 Å². The van der Waals surface area contributed by atoms with Crippen LogP contribution in [0.5, 0.6) is 0 Å². The normalized spacial score (nSPS) is 19.7. The fraction of sp³-hybridized carbons (Fsp3) is 0.455. The number of benzene rings is 1. The Hall–Kier alpha value is -1.14. The van der Waals surface area contributed by atoms with E-state index >= 15 is 0 Å². The second-order valence-corrected chi connectivity index (χ2v) is 6.00. The van der Waals surface area contributed by atoms with Gasteiger partial charge in [-0.1, -0.05) is 6.07 Å². The van der Waals surface area contributed by atoms with Crippen LogP contribution in [0.4, 0.5) is 10.1 Å². The Morgan fingerprint density at radius 3 is 2.82 bits per heavy atom. The van der Waals surface area contributed by atoms with Crippen molar-refractivity contribution >= 4 is 15.7 Å². The molecule has 0 radical (unpaired) electrons. The lowest BCUT2D eigenvalue weighted by atomic mass is 10.1. The van der Waals surface area contributed by atoms with Gasteiger partial charge in [0, 0.05) is 6.04 Å². The summed E-state index contributed by atoms with van der Waals surface area (Å²) in [6.45, 7) is 0.960. The van der Waals surface area contributed by atoms with Crippen LogP contribution >= 0.6 is 0 Å². The Labute approximate surface area is 100 Å². The summed E-state index contributed by atoms with van der Waals surface area (Å²) in [6.07, 6.45) is 1.61. The highest BCUT2D eigenvalue weighted by Gasteiger charge is 2.20. The molecule has 1 aliphatic rings. The van der Waals surface area contributed by atoms with Crippen LogP contribution in [-0.2, 0) is 10.0 Å². The predicted molar refractivity (Wildman–Crippen MR) is 64.8 cm³/mol. The van der Waals surface area contributed by atoms with E-state index in [1.165, 1.54) is 24.3 Å². The molecule has 1 fully saturated rings. The van der Waals surface area contributed by atoms with Crippen molar-refractivity contribution in [1.82, 2.24) is 5.32 Å². The molecular formula is C11H15FN2O2S. The van der Waals surface area contributed by atoms with Crippen molar-refractivity contribution < 1.29 is 12.8 Å². The fourth-order valence-corrected chi connectivity index (χ4v) is 2.86. The molecule has 0 aromatic heterocycles. The third-order valence-electron chi connectivity index (χ3n) is 2.76. The summed E-state index contributed by atoms with van der Waals surface area (Å²) < 4.78 is 38.6. The van der Waals surface area contributed by atoms with E-state index in [1.54, 1.807) is 0 Å². The van der Waals surface area contributed by atoms with Crippen molar-refractivity contribution in [3.05, 3.63) is 30.1 Å². The van der Waals surface area contributed by atoms with E-state index in [-0.39, 0.29) is 11.4 Å². The first-order chi connectivity index (χ1) is 8.05. The van der Waals surface area contributed by atoms with E-state index in [1.807, 2.05) is 0 Å². The third-order valence-corrected chi connectivity index (χ3v) is 4.08. The Morgan fingerprint density at radius 2 is 2.24 bits per heavy atom. The quantitative estimate of drug-likeness (QED) is 0.837. The summed E-state index contributed by atoms with van der Waals surface area (Å²) in [5, 5.41) is 3.14. The Kier molecular flexibility index (Phi) is 3.63. The number of hydrogen-bond acceptors (Lipinski definition) is 3. The van der Waals surface area contributed by atoms with Gasteiger partial charge in [-0.2, -0.15) is 0 Å². The summed E-state index contributed by atoms with van der Waals surface area (Å²) in [7, 11) is -3.38. The molecule has 0 saturated carbocycles. The maximum atomic E-state index is 12.9. The van der Waals surface area contributed by atoms with Crippen LogP contribution in [0.2, 0.25) is 0 Å². The molecule has 1 unspecified atom stereocenters. The maximum Gasteiger partial charge on any atom is 0.232 e. The van der Waals surface area contributed by atoms with Crippen molar-refractivity contribution in [2.75, 3.05) is 17.0 Å². The molecule has 1 aromatic rings. The fourth-order valence-electron chi connectivity index (χ4n) is 1.67. The standard InChI is InChI=1S/C11H15FN2O2S/c12-9-2-1-3-11(8-9)14-17(15,16)7-5-10-4-6-13-10/h1-3,8,10,13-14H,4-7H2. The topological polar surface area (TPSA) is 58.2 Å². The summed E-state index contributed by atoms with van der Waals surface area (Å²) in [5.41, 5.74) is 0.270. The van der Waals surface area contributed by atoms with Gasteiger partial charge < -0.3 is 5.32 Å². The molecule has 0 spiro atoms. The molecule has 1 saturated heterocycles. The molecule has 0 bridgehead atoms. The summed E-state index contributed by atoms with van der Waals surface area (Å²) in [4.78, 5) is 0. The minimum absolute atomic E-state index is 0.0567. The van der Waals surface area contributed by atoms with E-state index in [4.69, 9.17) is 0 Å². The van der Waals surface area contributed by atoms with Crippen LogP contribution in [0.3, 0.4) is 0 Å². The zero-order valence-corrected chi connectivity index (χ0v) is 10.1. The molecule has 1 heterocycles. The first-order valence-electron chi connectivity index (χ1n) is 5.55. The minimum atomic E-state index is -3.38. The van der Waals surface area contributed by atoms with Gasteiger partial charge in [0.2, 0.25) is 10.0 Å².